The predicted molar refractivity (Wildman–Crippen MR) is 117 cm³/mol. The maximum absolute atomic E-state index is 14.0. The second kappa shape index (κ2) is 7.71. The maximum atomic E-state index is 14.0. The minimum Gasteiger partial charge on any atom is -0.426 e. The third kappa shape index (κ3) is 3.22. The van der Waals surface area contributed by atoms with Gasteiger partial charge < -0.3 is 29.9 Å². The number of ether oxygens (including phenoxy) is 2. The summed E-state index contributed by atoms with van der Waals surface area (Å²) < 4.78 is 10.8. The lowest BCUT2D eigenvalue weighted by Gasteiger charge is -2.62. The van der Waals surface area contributed by atoms with Gasteiger partial charge in [-0.25, -0.2) is 4.79 Å². The van der Waals surface area contributed by atoms with Crippen molar-refractivity contribution in [3.63, 3.8) is 0 Å². The van der Waals surface area contributed by atoms with Crippen LogP contribution in [0.1, 0.15) is 60.3 Å². The fourth-order valence-corrected chi connectivity index (χ4v) is 6.85. The number of hydrogen-bond acceptors (Lipinski definition) is 8. The first-order valence-electron chi connectivity index (χ1n) is 11.9. The average Bonchev–Trinajstić information content (AvgIpc) is 3.25. The van der Waals surface area contributed by atoms with Crippen LogP contribution < -0.4 is 0 Å². The number of ketones is 1. The molecule has 2 aliphatic carbocycles. The van der Waals surface area contributed by atoms with Gasteiger partial charge in [0.2, 0.25) is 11.6 Å². The Morgan fingerprint density at radius 3 is 2.45 bits per heavy atom. The molecule has 9 unspecified atom stereocenters. The molecule has 4 aliphatic rings. The number of esters is 1. The summed E-state index contributed by atoms with van der Waals surface area (Å²) in [5, 5.41) is 46.4. The number of cyclic esters (lactones) is 1. The smallest absolute Gasteiger partial charge is 0.333 e. The van der Waals surface area contributed by atoms with Crippen molar-refractivity contribution in [2.45, 2.75) is 83.1 Å². The van der Waals surface area contributed by atoms with Crippen LogP contribution in [-0.2, 0) is 19.1 Å². The first-order valence-corrected chi connectivity index (χ1v) is 11.9. The summed E-state index contributed by atoms with van der Waals surface area (Å²) in [7, 11) is 0. The van der Waals surface area contributed by atoms with Crippen LogP contribution in [-0.4, -0.2) is 61.6 Å². The molecular weight excluding hydrogens is 428 g/mol. The zero-order valence-corrected chi connectivity index (χ0v) is 20.0. The standard InChI is InChI=1S/C25H36O8/c1-13-11-23(29)24(30,20-14(2)6-7-18(20)17(5)25(23,31)32-12-13)21(27)15(3)8-9-22(28)16(4)10-19(26)33-22/h10-11,14-15,17-18,20,28-31H,6-9,12H2,1-5H3. The second-order valence-electron chi connectivity index (χ2n) is 10.9. The minimum atomic E-state index is -2.32. The molecule has 0 radical (unpaired) electrons. The molecule has 0 saturated heterocycles. The Balaban J connectivity index is 1.71. The van der Waals surface area contributed by atoms with Crippen molar-refractivity contribution in [1.82, 2.24) is 0 Å². The molecule has 0 aromatic heterocycles. The zero-order chi connectivity index (χ0) is 24.6. The highest BCUT2D eigenvalue weighted by molar-refractivity contribution is 5.92. The van der Waals surface area contributed by atoms with Crippen molar-refractivity contribution in [1.29, 1.82) is 0 Å². The van der Waals surface area contributed by atoms with Crippen molar-refractivity contribution >= 4 is 11.8 Å². The summed E-state index contributed by atoms with van der Waals surface area (Å²) in [5.41, 5.74) is -3.63. The number of hydrogen-bond donors (Lipinski definition) is 4. The van der Waals surface area contributed by atoms with E-state index in [1.807, 2.05) is 13.8 Å². The molecule has 0 aromatic rings. The molecule has 0 bridgehead atoms. The summed E-state index contributed by atoms with van der Waals surface area (Å²) in [6, 6.07) is 0. The lowest BCUT2D eigenvalue weighted by molar-refractivity contribution is -0.381. The average molecular weight is 465 g/mol. The van der Waals surface area contributed by atoms with Crippen molar-refractivity contribution in [3.05, 3.63) is 23.3 Å². The molecule has 2 fully saturated rings. The first-order chi connectivity index (χ1) is 15.2. The van der Waals surface area contributed by atoms with Crippen LogP contribution in [0, 0.1) is 29.6 Å². The summed E-state index contributed by atoms with van der Waals surface area (Å²) >= 11 is 0. The number of rotatable bonds is 5. The normalized spacial score (nSPS) is 47.8. The Labute approximate surface area is 194 Å². The summed E-state index contributed by atoms with van der Waals surface area (Å²) in [6.07, 6.45) is 4.16. The number of carbonyl (C=O) groups is 2. The SMILES string of the molecule is CC1=CC2(O)C(O)(OC1)C(C)C1CCC(C)C1C2(O)C(=O)C(C)CCC1(O)OC(=O)C=C1C. The Hall–Kier alpha value is -1.58. The highest BCUT2D eigenvalue weighted by Gasteiger charge is 2.77. The Morgan fingerprint density at radius 2 is 1.85 bits per heavy atom. The van der Waals surface area contributed by atoms with Gasteiger partial charge in [-0.3, -0.25) is 4.79 Å². The van der Waals surface area contributed by atoms with E-state index in [1.165, 1.54) is 12.2 Å². The maximum Gasteiger partial charge on any atom is 0.333 e. The van der Waals surface area contributed by atoms with E-state index in [9.17, 15) is 30.0 Å². The van der Waals surface area contributed by atoms with Gasteiger partial charge in [-0.05, 0) is 50.2 Å². The fraction of sp³-hybridized carbons (Fsp3) is 0.760. The van der Waals surface area contributed by atoms with E-state index in [-0.39, 0.29) is 31.3 Å². The van der Waals surface area contributed by atoms with E-state index >= 15 is 0 Å². The van der Waals surface area contributed by atoms with Gasteiger partial charge in [0.15, 0.2) is 17.0 Å². The third-order valence-electron chi connectivity index (χ3n) is 8.83. The lowest BCUT2D eigenvalue weighted by Crippen LogP contribution is -2.81. The number of carbonyl (C=O) groups excluding carboxylic acids is 2. The molecule has 0 aromatic carbocycles. The lowest BCUT2D eigenvalue weighted by atomic mass is 9.51. The molecule has 9 atom stereocenters. The van der Waals surface area contributed by atoms with Crippen LogP contribution in [0.25, 0.3) is 0 Å². The summed E-state index contributed by atoms with van der Waals surface area (Å²) in [4.78, 5) is 25.5. The molecule has 2 heterocycles. The van der Waals surface area contributed by atoms with Gasteiger partial charge in [-0.1, -0.05) is 27.2 Å². The van der Waals surface area contributed by atoms with Crippen molar-refractivity contribution in [3.8, 4) is 0 Å². The van der Waals surface area contributed by atoms with E-state index in [4.69, 9.17) is 9.47 Å². The molecule has 2 aliphatic heterocycles. The van der Waals surface area contributed by atoms with Crippen LogP contribution in [0.15, 0.2) is 23.3 Å². The van der Waals surface area contributed by atoms with Crippen LogP contribution in [0.2, 0.25) is 0 Å². The molecule has 2 saturated carbocycles. The van der Waals surface area contributed by atoms with Crippen molar-refractivity contribution < 1.29 is 39.5 Å². The number of fused-ring (bicyclic) bond motifs is 2. The second-order valence-corrected chi connectivity index (χ2v) is 10.9. The monoisotopic (exact) mass is 464 g/mol. The summed E-state index contributed by atoms with van der Waals surface area (Å²) in [5.74, 6) is -7.25. The molecule has 33 heavy (non-hydrogen) atoms. The summed E-state index contributed by atoms with van der Waals surface area (Å²) in [6.45, 7) is 8.79. The molecule has 8 nitrogen and oxygen atoms in total. The fourth-order valence-electron chi connectivity index (χ4n) is 6.85. The van der Waals surface area contributed by atoms with Crippen molar-refractivity contribution in [2.75, 3.05) is 6.61 Å². The Bertz CT molecular complexity index is 925. The molecule has 184 valence electrons. The van der Waals surface area contributed by atoms with E-state index in [0.717, 1.165) is 6.42 Å². The van der Waals surface area contributed by atoms with E-state index < -0.39 is 52.3 Å². The van der Waals surface area contributed by atoms with Gasteiger partial charge in [0.25, 0.3) is 0 Å². The first kappa shape index (κ1) is 24.5. The highest BCUT2D eigenvalue weighted by atomic mass is 16.7. The molecule has 4 rings (SSSR count). The zero-order valence-electron chi connectivity index (χ0n) is 20.0. The van der Waals surface area contributed by atoms with Gasteiger partial charge in [-0.2, -0.15) is 0 Å². The van der Waals surface area contributed by atoms with E-state index in [1.54, 1.807) is 20.8 Å². The number of Topliss-reactive ketones (excluding diaryl/α,β-unsaturated/α-hetero) is 1. The highest BCUT2D eigenvalue weighted by Crippen LogP contribution is 2.62. The minimum absolute atomic E-state index is 0.0296. The molecule has 8 heteroatoms. The largest absolute Gasteiger partial charge is 0.426 e. The quantitative estimate of drug-likeness (QED) is 0.356. The van der Waals surface area contributed by atoms with Gasteiger partial charge in [0, 0.05) is 35.8 Å². The Kier molecular flexibility index (Phi) is 5.74. The van der Waals surface area contributed by atoms with Crippen LogP contribution in [0.4, 0.5) is 0 Å². The molecular formula is C25H36O8. The van der Waals surface area contributed by atoms with Gasteiger partial charge >= 0.3 is 5.97 Å². The van der Waals surface area contributed by atoms with Gasteiger partial charge in [-0.15, -0.1) is 0 Å². The Morgan fingerprint density at radius 1 is 1.18 bits per heavy atom. The molecule has 4 N–H and O–H groups in total. The topological polar surface area (TPSA) is 134 Å². The third-order valence-corrected chi connectivity index (χ3v) is 8.83. The molecule has 0 amide bonds. The molecule has 0 spiro atoms. The predicted octanol–water partition coefficient (Wildman–Crippen LogP) is 1.60. The van der Waals surface area contributed by atoms with Crippen LogP contribution in [0.5, 0.6) is 0 Å². The van der Waals surface area contributed by atoms with Crippen molar-refractivity contribution in [2.24, 2.45) is 29.6 Å². The van der Waals surface area contributed by atoms with Gasteiger partial charge in [0.05, 0.1) is 6.61 Å². The van der Waals surface area contributed by atoms with E-state index in [0.29, 0.717) is 17.6 Å². The van der Waals surface area contributed by atoms with Crippen LogP contribution in [0.3, 0.4) is 0 Å². The van der Waals surface area contributed by atoms with Gasteiger partial charge in [0.1, 0.15) is 0 Å². The van der Waals surface area contributed by atoms with E-state index in [2.05, 4.69) is 0 Å². The van der Waals surface area contributed by atoms with Crippen LogP contribution >= 0.6 is 0 Å². The number of aliphatic hydroxyl groups is 4.